The third kappa shape index (κ3) is 2.97. The molecule has 4 nitrogen and oxygen atoms in total. The third-order valence-corrected chi connectivity index (χ3v) is 6.39. The second-order valence-electron chi connectivity index (χ2n) is 5.10. The number of carbonyl (C=O) groups excluding carboxylic acids is 2. The molecule has 0 bridgehead atoms. The van der Waals surface area contributed by atoms with E-state index in [0.717, 1.165) is 16.2 Å². The fourth-order valence-electron chi connectivity index (χ4n) is 2.47. The zero-order valence-electron chi connectivity index (χ0n) is 13.2. The average Bonchev–Trinajstić information content (AvgIpc) is 2.94. The Morgan fingerprint density at radius 1 is 1.00 bits per heavy atom. The first-order valence-corrected chi connectivity index (χ1v) is 8.26. The van der Waals surface area contributed by atoms with Crippen molar-refractivity contribution < 1.29 is 19.1 Å². The minimum Gasteiger partial charge on any atom is -0.466 e. The van der Waals surface area contributed by atoms with E-state index in [1.807, 2.05) is 44.2 Å². The monoisotopic (exact) mass is 318 g/mol. The Labute approximate surface area is 131 Å². The summed E-state index contributed by atoms with van der Waals surface area (Å²) in [6.45, 7) is 4.01. The summed E-state index contributed by atoms with van der Waals surface area (Å²) in [6.07, 6.45) is 0.444. The first-order chi connectivity index (χ1) is 10.5. The lowest BCUT2D eigenvalue weighted by molar-refractivity contribution is -0.138. The van der Waals surface area contributed by atoms with Crippen LogP contribution in [0.5, 0.6) is 0 Å². The number of allylic oxidation sites excluding steroid dienone is 2. The number of benzene rings is 1. The Balaban J connectivity index is 2.67. The Morgan fingerprint density at radius 2 is 1.59 bits per heavy atom. The molecule has 22 heavy (non-hydrogen) atoms. The Bertz CT molecular complexity index is 654. The van der Waals surface area contributed by atoms with Gasteiger partial charge < -0.3 is 9.47 Å². The van der Waals surface area contributed by atoms with Crippen LogP contribution in [0.15, 0.2) is 52.1 Å². The van der Waals surface area contributed by atoms with E-state index in [2.05, 4.69) is 0 Å². The Kier molecular flexibility index (Phi) is 5.15. The van der Waals surface area contributed by atoms with Crippen LogP contribution in [0.2, 0.25) is 0 Å². The minimum atomic E-state index is -1.05. The van der Waals surface area contributed by atoms with Gasteiger partial charge in [0.25, 0.3) is 0 Å². The van der Waals surface area contributed by atoms with E-state index >= 15 is 0 Å². The molecular formula is C17H19O4P. The highest BCUT2D eigenvalue weighted by atomic mass is 31.1. The molecule has 1 aliphatic heterocycles. The average molecular weight is 318 g/mol. The molecule has 5 heteroatoms. The predicted molar refractivity (Wildman–Crippen MR) is 87.0 cm³/mol. The van der Waals surface area contributed by atoms with Crippen molar-refractivity contribution >= 4 is 25.2 Å². The molecular weight excluding hydrogens is 299 g/mol. The van der Waals surface area contributed by atoms with Crippen LogP contribution in [0.4, 0.5) is 0 Å². The lowest BCUT2D eigenvalue weighted by Gasteiger charge is -2.18. The molecule has 1 atom stereocenters. The number of rotatable bonds is 3. The number of carbonyl (C=O) groups is 2. The summed E-state index contributed by atoms with van der Waals surface area (Å²) < 4.78 is 9.78. The molecule has 0 amide bonds. The summed E-state index contributed by atoms with van der Waals surface area (Å²) >= 11 is 0. The molecule has 0 N–H and O–H groups in total. The van der Waals surface area contributed by atoms with E-state index in [1.54, 1.807) is 0 Å². The Hall–Kier alpha value is -1.93. The lowest BCUT2D eigenvalue weighted by Crippen LogP contribution is -2.12. The number of esters is 2. The van der Waals surface area contributed by atoms with E-state index in [4.69, 9.17) is 9.47 Å². The van der Waals surface area contributed by atoms with Gasteiger partial charge >= 0.3 is 11.9 Å². The molecule has 1 aliphatic rings. The van der Waals surface area contributed by atoms with Crippen molar-refractivity contribution in [1.29, 1.82) is 0 Å². The van der Waals surface area contributed by atoms with Crippen molar-refractivity contribution in [1.82, 2.24) is 0 Å². The van der Waals surface area contributed by atoms with Crippen LogP contribution in [0, 0.1) is 0 Å². The first-order valence-electron chi connectivity index (χ1n) is 6.92. The zero-order chi connectivity index (χ0) is 16.3. The highest BCUT2D eigenvalue weighted by Crippen LogP contribution is 2.61. The molecule has 116 valence electrons. The minimum absolute atomic E-state index is 0.417. The summed E-state index contributed by atoms with van der Waals surface area (Å²) in [7, 11) is 1.62. The highest BCUT2D eigenvalue weighted by molar-refractivity contribution is 7.75. The van der Waals surface area contributed by atoms with E-state index in [1.165, 1.54) is 14.2 Å². The van der Waals surface area contributed by atoms with Gasteiger partial charge in [-0.3, -0.25) is 0 Å². The van der Waals surface area contributed by atoms with Crippen LogP contribution < -0.4 is 5.30 Å². The smallest absolute Gasteiger partial charge is 0.339 e. The van der Waals surface area contributed by atoms with Crippen LogP contribution in [0.1, 0.15) is 20.3 Å². The first kappa shape index (κ1) is 16.4. The molecule has 1 heterocycles. The van der Waals surface area contributed by atoms with Gasteiger partial charge in [0.15, 0.2) is 0 Å². The van der Waals surface area contributed by atoms with Crippen LogP contribution in [-0.2, 0) is 19.1 Å². The summed E-state index contributed by atoms with van der Waals surface area (Å²) in [6, 6.07) is 9.77. The molecule has 0 aromatic heterocycles. The molecule has 1 aromatic rings. The van der Waals surface area contributed by atoms with Crippen molar-refractivity contribution in [3.8, 4) is 0 Å². The van der Waals surface area contributed by atoms with Crippen molar-refractivity contribution in [3.63, 3.8) is 0 Å². The largest absolute Gasteiger partial charge is 0.466 e. The summed E-state index contributed by atoms with van der Waals surface area (Å²) in [5.74, 6) is -0.910. The van der Waals surface area contributed by atoms with Crippen LogP contribution >= 0.6 is 7.92 Å². The maximum Gasteiger partial charge on any atom is 0.339 e. The molecule has 0 aliphatic carbocycles. The van der Waals surface area contributed by atoms with E-state index in [0.29, 0.717) is 17.3 Å². The standard InChI is InChI=1S/C17H19O4P/c1-11(2)14-10-13(16(18)20-3)15(17(19)21-4)22(14)12-8-6-5-7-9-12/h5-9H,10H2,1-4H3. The van der Waals surface area contributed by atoms with Crippen molar-refractivity contribution in [2.24, 2.45) is 0 Å². The third-order valence-electron chi connectivity index (χ3n) is 3.53. The van der Waals surface area contributed by atoms with E-state index < -0.39 is 19.9 Å². The molecule has 0 spiro atoms. The fraction of sp³-hybridized carbons (Fsp3) is 0.294. The molecule has 2 rings (SSSR count). The topological polar surface area (TPSA) is 52.6 Å². The van der Waals surface area contributed by atoms with E-state index in [9.17, 15) is 9.59 Å². The van der Waals surface area contributed by atoms with E-state index in [-0.39, 0.29) is 0 Å². The van der Waals surface area contributed by atoms with Gasteiger partial charge in [-0.1, -0.05) is 35.9 Å². The van der Waals surface area contributed by atoms with Crippen LogP contribution in [0.25, 0.3) is 0 Å². The van der Waals surface area contributed by atoms with Gasteiger partial charge in [-0.25, -0.2) is 9.59 Å². The van der Waals surface area contributed by atoms with Gasteiger partial charge in [0.2, 0.25) is 0 Å². The number of hydrogen-bond donors (Lipinski definition) is 0. The second kappa shape index (κ2) is 6.89. The SMILES string of the molecule is COC(=O)C1=C(C(=O)OC)P(c2ccccc2)C(=C(C)C)C1. The van der Waals surface area contributed by atoms with Gasteiger partial charge in [-0.2, -0.15) is 0 Å². The van der Waals surface area contributed by atoms with Crippen LogP contribution in [-0.4, -0.2) is 26.2 Å². The summed E-state index contributed by atoms with van der Waals surface area (Å²) in [5, 5.41) is 2.60. The maximum absolute atomic E-state index is 12.3. The maximum atomic E-state index is 12.3. The zero-order valence-corrected chi connectivity index (χ0v) is 14.1. The van der Waals surface area contributed by atoms with Gasteiger partial charge in [-0.05, 0) is 32.4 Å². The van der Waals surface area contributed by atoms with Crippen LogP contribution in [0.3, 0.4) is 0 Å². The number of ether oxygens (including phenoxy) is 2. The van der Waals surface area contributed by atoms with Crippen molar-refractivity contribution in [2.45, 2.75) is 20.3 Å². The normalized spacial score (nSPS) is 17.5. The molecule has 0 fully saturated rings. The lowest BCUT2D eigenvalue weighted by atomic mass is 10.1. The number of methoxy groups -OCH3 is 2. The van der Waals surface area contributed by atoms with Gasteiger partial charge in [0.1, 0.15) is 0 Å². The fourth-order valence-corrected chi connectivity index (χ4v) is 5.25. The van der Waals surface area contributed by atoms with Crippen molar-refractivity contribution in [2.75, 3.05) is 14.2 Å². The predicted octanol–water partition coefficient (Wildman–Crippen LogP) is 3.09. The van der Waals surface area contributed by atoms with Gasteiger partial charge in [0, 0.05) is 6.42 Å². The van der Waals surface area contributed by atoms with Crippen molar-refractivity contribution in [3.05, 3.63) is 52.1 Å². The summed E-state index contributed by atoms with van der Waals surface area (Å²) in [5.41, 5.74) is 1.54. The molecule has 1 unspecified atom stereocenters. The quantitative estimate of drug-likeness (QED) is 0.635. The molecule has 0 saturated heterocycles. The number of hydrogen-bond acceptors (Lipinski definition) is 4. The molecule has 0 saturated carbocycles. The van der Waals surface area contributed by atoms with Gasteiger partial charge in [-0.15, -0.1) is 0 Å². The van der Waals surface area contributed by atoms with Gasteiger partial charge in [0.05, 0.1) is 25.1 Å². The second-order valence-corrected chi connectivity index (χ2v) is 7.28. The molecule has 1 aromatic carbocycles. The Morgan fingerprint density at radius 3 is 2.09 bits per heavy atom. The molecule has 0 radical (unpaired) electrons. The highest BCUT2D eigenvalue weighted by Gasteiger charge is 2.39. The summed E-state index contributed by atoms with van der Waals surface area (Å²) in [4.78, 5) is 24.4.